The lowest BCUT2D eigenvalue weighted by atomic mass is 10.2. The summed E-state index contributed by atoms with van der Waals surface area (Å²) in [6.45, 7) is -0.722. The van der Waals surface area contributed by atoms with Gasteiger partial charge in [-0.05, 0) is 42.5 Å². The number of amides is 1. The largest absolute Gasteiger partial charge is 0.455 e. The maximum atomic E-state index is 13.0. The Hall–Kier alpha value is -3.53. The molecule has 0 atom stereocenters. The molecule has 0 saturated heterocycles. The number of hydrogen-bond donors (Lipinski definition) is 1. The molecule has 0 bridgehead atoms. The van der Waals surface area contributed by atoms with Crippen LogP contribution >= 0.6 is 0 Å². The summed E-state index contributed by atoms with van der Waals surface area (Å²) in [5.74, 6) is 0.0879. The van der Waals surface area contributed by atoms with Crippen LogP contribution in [0.4, 0.5) is 24.5 Å². The number of nitrogens with one attached hydrogen (secondary N) is 1. The predicted octanol–water partition coefficient (Wildman–Crippen LogP) is 4.90. The van der Waals surface area contributed by atoms with Crippen LogP contribution in [0.1, 0.15) is 5.56 Å². The second-order valence-electron chi connectivity index (χ2n) is 6.78. The van der Waals surface area contributed by atoms with E-state index < -0.39 is 34.2 Å². The highest BCUT2D eigenvalue weighted by Gasteiger charge is 2.32. The Morgan fingerprint density at radius 1 is 0.969 bits per heavy atom. The first-order chi connectivity index (χ1) is 15.0. The third-order valence-corrected chi connectivity index (χ3v) is 5.42. The molecule has 0 fully saturated rings. The van der Waals surface area contributed by atoms with Crippen LogP contribution < -0.4 is 14.4 Å². The molecule has 3 rings (SSSR count). The first kappa shape index (κ1) is 23.1. The Balaban J connectivity index is 1.82. The van der Waals surface area contributed by atoms with Crippen LogP contribution in [0, 0.1) is 0 Å². The summed E-state index contributed by atoms with van der Waals surface area (Å²) >= 11 is 0. The molecule has 168 valence electrons. The molecular formula is C22H19F3N2O4S. The fourth-order valence-electron chi connectivity index (χ4n) is 2.83. The number of benzene rings is 3. The lowest BCUT2D eigenvalue weighted by Gasteiger charge is -2.23. The number of carbonyl (C=O) groups excluding carboxylic acids is 1. The molecule has 32 heavy (non-hydrogen) atoms. The van der Waals surface area contributed by atoms with Gasteiger partial charge in [-0.1, -0.05) is 36.4 Å². The average Bonchev–Trinajstić information content (AvgIpc) is 2.73. The molecule has 6 nitrogen and oxygen atoms in total. The van der Waals surface area contributed by atoms with Crippen molar-refractivity contribution in [2.45, 2.75) is 6.18 Å². The van der Waals surface area contributed by atoms with Crippen molar-refractivity contribution in [3.05, 3.63) is 84.4 Å². The number of alkyl halides is 3. The minimum Gasteiger partial charge on any atom is -0.455 e. The van der Waals surface area contributed by atoms with E-state index in [9.17, 15) is 26.4 Å². The van der Waals surface area contributed by atoms with Crippen molar-refractivity contribution >= 4 is 27.3 Å². The van der Waals surface area contributed by atoms with E-state index in [2.05, 4.69) is 5.32 Å². The minimum atomic E-state index is -4.66. The molecule has 0 unspecified atom stereocenters. The molecule has 0 saturated carbocycles. The first-order valence-electron chi connectivity index (χ1n) is 9.31. The number of halogens is 3. The summed E-state index contributed by atoms with van der Waals surface area (Å²) in [6, 6.07) is 19.1. The molecule has 3 aromatic carbocycles. The van der Waals surface area contributed by atoms with Crippen molar-refractivity contribution in [2.24, 2.45) is 0 Å². The summed E-state index contributed by atoms with van der Waals surface area (Å²) in [5, 5.41) is 2.56. The van der Waals surface area contributed by atoms with E-state index in [1.54, 1.807) is 48.5 Å². The quantitative estimate of drug-likeness (QED) is 0.540. The first-order valence-corrected chi connectivity index (χ1v) is 11.2. The highest BCUT2D eigenvalue weighted by atomic mass is 32.2. The number of rotatable bonds is 7. The number of ether oxygens (including phenoxy) is 1. The predicted molar refractivity (Wildman–Crippen MR) is 115 cm³/mol. The molecule has 0 radical (unpaired) electrons. The van der Waals surface area contributed by atoms with Crippen molar-refractivity contribution in [3.63, 3.8) is 0 Å². The number of para-hydroxylation sites is 3. The number of anilines is 2. The van der Waals surface area contributed by atoms with Crippen LogP contribution in [-0.4, -0.2) is 27.1 Å². The van der Waals surface area contributed by atoms with Gasteiger partial charge in [0.2, 0.25) is 15.9 Å². The van der Waals surface area contributed by atoms with Gasteiger partial charge in [-0.2, -0.15) is 13.2 Å². The van der Waals surface area contributed by atoms with E-state index in [1.165, 1.54) is 6.07 Å². The van der Waals surface area contributed by atoms with Crippen molar-refractivity contribution in [2.75, 3.05) is 22.4 Å². The van der Waals surface area contributed by atoms with E-state index in [4.69, 9.17) is 4.74 Å². The Bertz CT molecular complexity index is 1200. The second-order valence-corrected chi connectivity index (χ2v) is 8.68. The molecule has 1 amide bonds. The fraction of sp³-hybridized carbons (Fsp3) is 0.136. The van der Waals surface area contributed by atoms with Crippen LogP contribution in [0.5, 0.6) is 11.5 Å². The van der Waals surface area contributed by atoms with E-state index in [-0.39, 0.29) is 11.4 Å². The topological polar surface area (TPSA) is 75.7 Å². The molecule has 10 heteroatoms. The minimum absolute atomic E-state index is 0.272. The Labute approximate surface area is 183 Å². The highest BCUT2D eigenvalue weighted by molar-refractivity contribution is 7.92. The zero-order valence-electron chi connectivity index (χ0n) is 16.8. The highest BCUT2D eigenvalue weighted by Crippen LogP contribution is 2.32. The van der Waals surface area contributed by atoms with Gasteiger partial charge in [0.25, 0.3) is 0 Å². The monoisotopic (exact) mass is 464 g/mol. The Morgan fingerprint density at radius 2 is 1.62 bits per heavy atom. The second kappa shape index (κ2) is 9.31. The molecular weight excluding hydrogens is 445 g/mol. The molecule has 0 heterocycles. The molecule has 3 aromatic rings. The van der Waals surface area contributed by atoms with E-state index in [1.807, 2.05) is 6.07 Å². The summed E-state index contributed by atoms with van der Waals surface area (Å²) in [4.78, 5) is 12.6. The van der Waals surface area contributed by atoms with Crippen LogP contribution in [0.25, 0.3) is 0 Å². The van der Waals surface area contributed by atoms with Crippen LogP contribution in [0.3, 0.4) is 0 Å². The van der Waals surface area contributed by atoms with E-state index in [0.29, 0.717) is 21.9 Å². The van der Waals surface area contributed by atoms with Gasteiger partial charge in [-0.15, -0.1) is 0 Å². The van der Waals surface area contributed by atoms with Gasteiger partial charge in [0.05, 0.1) is 23.2 Å². The lowest BCUT2D eigenvalue weighted by Crippen LogP contribution is -2.37. The molecule has 1 N–H and O–H groups in total. The average molecular weight is 464 g/mol. The molecule has 0 aliphatic heterocycles. The van der Waals surface area contributed by atoms with Gasteiger partial charge in [0.15, 0.2) is 5.75 Å². The lowest BCUT2D eigenvalue weighted by molar-refractivity contribution is -0.137. The van der Waals surface area contributed by atoms with Gasteiger partial charge in [-0.3, -0.25) is 9.10 Å². The SMILES string of the molecule is CS(=O)(=O)N(CC(=O)Nc1ccccc1Oc1ccccc1)c1cccc(C(F)(F)F)c1. The molecule has 0 aliphatic rings. The summed E-state index contributed by atoms with van der Waals surface area (Å²) < 4.78 is 69.9. The maximum Gasteiger partial charge on any atom is 0.416 e. The Morgan fingerprint density at radius 3 is 2.28 bits per heavy atom. The number of carbonyl (C=O) groups is 1. The number of sulfonamides is 1. The van der Waals surface area contributed by atoms with Crippen molar-refractivity contribution < 1.29 is 31.1 Å². The van der Waals surface area contributed by atoms with Crippen molar-refractivity contribution in [3.8, 4) is 11.5 Å². The molecule has 0 aliphatic carbocycles. The van der Waals surface area contributed by atoms with Gasteiger partial charge >= 0.3 is 6.18 Å². The number of hydrogen-bond acceptors (Lipinski definition) is 4. The van der Waals surface area contributed by atoms with E-state index in [0.717, 1.165) is 18.4 Å². The van der Waals surface area contributed by atoms with Gasteiger partial charge in [0.1, 0.15) is 12.3 Å². The molecule has 0 spiro atoms. The maximum absolute atomic E-state index is 13.0. The Kier molecular flexibility index (Phi) is 6.73. The fourth-order valence-corrected chi connectivity index (χ4v) is 3.68. The third-order valence-electron chi connectivity index (χ3n) is 4.28. The van der Waals surface area contributed by atoms with Gasteiger partial charge in [0, 0.05) is 0 Å². The van der Waals surface area contributed by atoms with E-state index >= 15 is 0 Å². The third kappa shape index (κ3) is 6.01. The number of nitrogens with zero attached hydrogens (tertiary/aromatic N) is 1. The summed E-state index contributed by atoms with van der Waals surface area (Å²) in [6.07, 6.45) is -3.85. The van der Waals surface area contributed by atoms with Gasteiger partial charge in [-0.25, -0.2) is 8.42 Å². The van der Waals surface area contributed by atoms with Crippen LogP contribution in [-0.2, 0) is 21.0 Å². The van der Waals surface area contributed by atoms with Gasteiger partial charge < -0.3 is 10.1 Å². The molecule has 0 aromatic heterocycles. The smallest absolute Gasteiger partial charge is 0.416 e. The van der Waals surface area contributed by atoms with Crippen LogP contribution in [0.15, 0.2) is 78.9 Å². The van der Waals surface area contributed by atoms with Crippen molar-refractivity contribution in [1.82, 2.24) is 0 Å². The normalized spacial score (nSPS) is 11.6. The standard InChI is InChI=1S/C22H19F3N2O4S/c1-32(29,30)27(17-9-7-8-16(14-17)22(23,24)25)15-21(28)26-19-12-5-6-13-20(19)31-18-10-3-2-4-11-18/h2-14H,15H2,1H3,(H,26,28). The van der Waals surface area contributed by atoms with Crippen molar-refractivity contribution in [1.29, 1.82) is 0 Å². The summed E-state index contributed by atoms with van der Waals surface area (Å²) in [5.41, 5.74) is -1.02. The zero-order valence-corrected chi connectivity index (χ0v) is 17.7. The summed E-state index contributed by atoms with van der Waals surface area (Å²) in [7, 11) is -4.05. The zero-order chi connectivity index (χ0) is 23.4. The van der Waals surface area contributed by atoms with Crippen LogP contribution in [0.2, 0.25) is 0 Å².